The number of carbonyl (C=O) groups excluding carboxylic acids is 1. The van der Waals surface area contributed by atoms with Gasteiger partial charge in [0.15, 0.2) is 5.79 Å². The van der Waals surface area contributed by atoms with Gasteiger partial charge in [-0.2, -0.15) is 0 Å². The molecule has 1 unspecified atom stereocenters. The summed E-state index contributed by atoms with van der Waals surface area (Å²) in [5.74, 6) is -0.868. The molecule has 2 aliphatic rings. The van der Waals surface area contributed by atoms with Crippen LogP contribution in [-0.4, -0.2) is 45.5 Å². The zero-order valence-corrected chi connectivity index (χ0v) is 14.0. The number of hydrogen-bond donors (Lipinski definition) is 0. The van der Waals surface area contributed by atoms with Crippen LogP contribution in [0.1, 0.15) is 26.3 Å². The number of ether oxygens (including phenoxy) is 2. The summed E-state index contributed by atoms with van der Waals surface area (Å²) < 4.78 is 27.6. The first-order valence-corrected chi connectivity index (χ1v) is 8.13. The van der Waals surface area contributed by atoms with Crippen molar-refractivity contribution in [2.45, 2.75) is 44.3 Å². The highest BCUT2D eigenvalue weighted by atomic mass is 35.5. The van der Waals surface area contributed by atoms with Crippen LogP contribution in [0.4, 0.5) is 4.39 Å². The van der Waals surface area contributed by atoms with Crippen LogP contribution in [0.3, 0.4) is 0 Å². The largest absolute Gasteiger partial charge is 0.343 e. The summed E-state index contributed by atoms with van der Waals surface area (Å²) in [5.41, 5.74) is -0.580. The first-order valence-electron chi connectivity index (χ1n) is 7.76. The number of aromatic nitrogens is 3. The van der Waals surface area contributed by atoms with Crippen LogP contribution in [0.5, 0.6) is 0 Å². The quantitative estimate of drug-likeness (QED) is 0.627. The fourth-order valence-electron chi connectivity index (χ4n) is 3.88. The van der Waals surface area contributed by atoms with Crippen molar-refractivity contribution in [3.8, 4) is 0 Å². The number of alkyl halides is 1. The Kier molecular flexibility index (Phi) is 3.46. The molecule has 1 saturated carbocycles. The Hall–Kier alpha value is -1.57. The molecule has 2 aromatic heterocycles. The second-order valence-corrected chi connectivity index (χ2v) is 7.26. The van der Waals surface area contributed by atoms with Gasteiger partial charge >= 0.3 is 0 Å². The van der Waals surface area contributed by atoms with Gasteiger partial charge in [-0.1, -0.05) is 11.6 Å². The van der Waals surface area contributed by atoms with Gasteiger partial charge in [-0.15, -0.1) is 0 Å². The lowest BCUT2D eigenvalue weighted by atomic mass is 9.87. The van der Waals surface area contributed by atoms with Gasteiger partial charge in [0.1, 0.15) is 42.3 Å². The van der Waals surface area contributed by atoms with Crippen molar-refractivity contribution in [1.82, 2.24) is 14.5 Å². The molecule has 4 rings (SSSR count). The number of rotatable bonds is 3. The van der Waals surface area contributed by atoms with Gasteiger partial charge in [0, 0.05) is 6.20 Å². The molecule has 24 heavy (non-hydrogen) atoms. The maximum absolute atomic E-state index is 13.8. The number of fused-ring (bicyclic) bond motifs is 2. The van der Waals surface area contributed by atoms with E-state index in [1.54, 1.807) is 13.8 Å². The number of hydrogen-bond acceptors (Lipinski definition) is 5. The van der Waals surface area contributed by atoms with E-state index in [9.17, 15) is 9.18 Å². The topological polar surface area (TPSA) is 66.2 Å². The molecule has 2 aromatic rings. The molecular weight excluding hydrogens is 337 g/mol. The van der Waals surface area contributed by atoms with Crippen LogP contribution in [0.25, 0.3) is 11.0 Å². The predicted octanol–water partition coefficient (Wildman–Crippen LogP) is 2.70. The van der Waals surface area contributed by atoms with Gasteiger partial charge in [-0.3, -0.25) is 0 Å². The van der Waals surface area contributed by atoms with E-state index in [2.05, 4.69) is 9.97 Å². The van der Waals surface area contributed by atoms with Gasteiger partial charge in [0.2, 0.25) is 0 Å². The summed E-state index contributed by atoms with van der Waals surface area (Å²) in [5, 5.41) is 1.06. The van der Waals surface area contributed by atoms with E-state index >= 15 is 0 Å². The molecule has 1 saturated heterocycles. The van der Waals surface area contributed by atoms with Crippen LogP contribution >= 0.6 is 11.6 Å². The molecule has 128 valence electrons. The molecule has 0 aromatic carbocycles. The highest BCUT2D eigenvalue weighted by Crippen LogP contribution is 2.53. The first-order chi connectivity index (χ1) is 11.4. The molecule has 8 heteroatoms. The molecule has 1 aliphatic heterocycles. The van der Waals surface area contributed by atoms with E-state index < -0.39 is 30.1 Å². The van der Waals surface area contributed by atoms with Crippen molar-refractivity contribution < 1.29 is 18.7 Å². The summed E-state index contributed by atoms with van der Waals surface area (Å²) in [6.45, 7) is 2.74. The molecule has 0 N–H and O–H groups in total. The zero-order chi connectivity index (χ0) is 17.1. The number of nitrogens with zero attached hydrogens (tertiary/aromatic N) is 3. The van der Waals surface area contributed by atoms with E-state index in [4.69, 9.17) is 21.1 Å². The van der Waals surface area contributed by atoms with Crippen LogP contribution < -0.4 is 0 Å². The van der Waals surface area contributed by atoms with Crippen molar-refractivity contribution in [3.63, 3.8) is 0 Å². The fourth-order valence-corrected chi connectivity index (χ4v) is 4.07. The van der Waals surface area contributed by atoms with Crippen molar-refractivity contribution >= 4 is 28.9 Å². The number of carbonyl (C=O) groups is 1. The lowest BCUT2D eigenvalue weighted by Crippen LogP contribution is -2.38. The molecule has 4 atom stereocenters. The maximum Gasteiger partial charge on any atom is 0.163 e. The Bertz CT molecular complexity index is 811. The van der Waals surface area contributed by atoms with Crippen LogP contribution in [0.2, 0.25) is 5.15 Å². The number of halogens is 2. The minimum Gasteiger partial charge on any atom is -0.343 e. The van der Waals surface area contributed by atoms with E-state index in [1.165, 1.54) is 6.33 Å². The van der Waals surface area contributed by atoms with Gasteiger partial charge < -0.3 is 18.8 Å². The Labute approximate surface area is 142 Å². The van der Waals surface area contributed by atoms with E-state index in [0.717, 1.165) is 0 Å². The molecule has 0 radical (unpaired) electrons. The van der Waals surface area contributed by atoms with E-state index in [-0.39, 0.29) is 12.5 Å². The molecule has 0 bridgehead atoms. The molecular formula is C16H17ClFN3O3. The molecule has 2 fully saturated rings. The molecule has 6 nitrogen and oxygen atoms in total. The number of aldehydes is 1. The fraction of sp³-hybridized carbons (Fsp3) is 0.562. The lowest BCUT2D eigenvalue weighted by molar-refractivity contribution is -0.170. The highest BCUT2D eigenvalue weighted by molar-refractivity contribution is 6.33. The highest BCUT2D eigenvalue weighted by Gasteiger charge is 2.62. The van der Waals surface area contributed by atoms with E-state index in [0.29, 0.717) is 22.5 Å². The predicted molar refractivity (Wildman–Crippen MR) is 84.5 cm³/mol. The third-order valence-corrected chi connectivity index (χ3v) is 5.27. The minimum atomic E-state index is -1.21. The van der Waals surface area contributed by atoms with E-state index in [1.807, 2.05) is 16.8 Å². The first kappa shape index (κ1) is 15.9. The van der Waals surface area contributed by atoms with Crippen molar-refractivity contribution in [2.75, 3.05) is 6.67 Å². The van der Waals surface area contributed by atoms with Crippen molar-refractivity contribution in [2.24, 2.45) is 5.41 Å². The lowest BCUT2D eigenvalue weighted by Gasteiger charge is -2.27. The Balaban J connectivity index is 1.83. The Morgan fingerprint density at radius 1 is 1.46 bits per heavy atom. The summed E-state index contributed by atoms with van der Waals surface area (Å²) >= 11 is 6.11. The SMILES string of the molecule is CC1(C)O[C@H]2C(n3ccc4c(Cl)ncnc43)C[C@@](C=O)(CF)[C@H]2O1. The summed E-state index contributed by atoms with van der Waals surface area (Å²) in [6, 6.07) is 1.53. The molecule has 0 amide bonds. The van der Waals surface area contributed by atoms with Crippen molar-refractivity contribution in [3.05, 3.63) is 23.7 Å². The molecule has 1 aliphatic carbocycles. The smallest absolute Gasteiger partial charge is 0.163 e. The average Bonchev–Trinajstić information content (AvgIpc) is 3.18. The standard InChI is InChI=1S/C16H17ClFN3O3/c1-15(2)23-11-10(5-16(6-18,7-22)12(11)24-15)21-4-3-9-13(17)19-8-20-14(9)21/h3-4,7-8,10-12H,5-6H2,1-2H3/t10?,11-,12-,16-/m0/s1. The summed E-state index contributed by atoms with van der Waals surface area (Å²) in [6.07, 6.45) is 3.08. The third-order valence-electron chi connectivity index (χ3n) is 4.97. The average molecular weight is 354 g/mol. The summed E-state index contributed by atoms with van der Waals surface area (Å²) in [7, 11) is 0. The van der Waals surface area contributed by atoms with Crippen LogP contribution in [-0.2, 0) is 14.3 Å². The normalized spacial score (nSPS) is 34.6. The van der Waals surface area contributed by atoms with Crippen LogP contribution in [0, 0.1) is 5.41 Å². The maximum atomic E-state index is 13.8. The van der Waals surface area contributed by atoms with Crippen LogP contribution in [0.15, 0.2) is 18.6 Å². The third kappa shape index (κ3) is 2.11. The van der Waals surface area contributed by atoms with Crippen molar-refractivity contribution in [1.29, 1.82) is 0 Å². The second kappa shape index (κ2) is 5.21. The molecule has 0 spiro atoms. The minimum absolute atomic E-state index is 0.277. The zero-order valence-electron chi connectivity index (χ0n) is 13.3. The second-order valence-electron chi connectivity index (χ2n) is 6.90. The Morgan fingerprint density at radius 2 is 2.25 bits per heavy atom. The van der Waals surface area contributed by atoms with Gasteiger partial charge in [-0.05, 0) is 26.3 Å². The summed E-state index contributed by atoms with van der Waals surface area (Å²) in [4.78, 5) is 20.0. The molecule has 3 heterocycles. The Morgan fingerprint density at radius 3 is 2.96 bits per heavy atom. The van der Waals surface area contributed by atoms with Gasteiger partial charge in [-0.25, -0.2) is 14.4 Å². The monoisotopic (exact) mass is 353 g/mol. The van der Waals surface area contributed by atoms with Gasteiger partial charge in [0.05, 0.1) is 16.8 Å². The van der Waals surface area contributed by atoms with Gasteiger partial charge in [0.25, 0.3) is 0 Å².